The van der Waals surface area contributed by atoms with E-state index in [0.717, 1.165) is 43.8 Å². The molecule has 0 fully saturated rings. The second-order valence-electron chi connectivity index (χ2n) is 7.06. The maximum absolute atomic E-state index is 6.36. The van der Waals surface area contributed by atoms with Crippen molar-refractivity contribution in [3.63, 3.8) is 0 Å². The summed E-state index contributed by atoms with van der Waals surface area (Å²) in [6.45, 7) is 0. The molecular weight excluding hydrogens is 394 g/mol. The first-order valence-corrected chi connectivity index (χ1v) is 9.96. The largest absolute Gasteiger partial charge is 0.456 e. The number of nitrogens with zero attached hydrogens (tertiary/aromatic N) is 3. The third-order valence-corrected chi connectivity index (χ3v) is 5.45. The van der Waals surface area contributed by atoms with Gasteiger partial charge in [-0.2, -0.15) is 9.97 Å². The van der Waals surface area contributed by atoms with E-state index in [1.807, 2.05) is 66.7 Å². The van der Waals surface area contributed by atoms with Gasteiger partial charge in [0, 0.05) is 21.9 Å². The van der Waals surface area contributed by atoms with Crippen LogP contribution < -0.4 is 0 Å². The van der Waals surface area contributed by atoms with Crippen LogP contribution in [0, 0.1) is 0 Å². The van der Waals surface area contributed by atoms with Crippen LogP contribution in [0.4, 0.5) is 0 Å². The summed E-state index contributed by atoms with van der Waals surface area (Å²) < 4.78 is 6.01. The van der Waals surface area contributed by atoms with Gasteiger partial charge in [-0.15, -0.1) is 0 Å². The van der Waals surface area contributed by atoms with Crippen LogP contribution in [0.2, 0.25) is 5.28 Å². The number of hydrogen-bond acceptors (Lipinski definition) is 4. The molecule has 0 unspecified atom stereocenters. The van der Waals surface area contributed by atoms with Crippen LogP contribution in [-0.4, -0.2) is 15.0 Å². The van der Waals surface area contributed by atoms with Crippen molar-refractivity contribution in [3.05, 3.63) is 90.2 Å². The molecule has 6 rings (SSSR count). The summed E-state index contributed by atoms with van der Waals surface area (Å²) in [5.74, 6) is 1.07. The van der Waals surface area contributed by atoms with Crippen LogP contribution >= 0.6 is 11.6 Å². The van der Waals surface area contributed by atoms with E-state index in [0.29, 0.717) is 11.6 Å². The first-order valence-electron chi connectivity index (χ1n) is 9.58. The van der Waals surface area contributed by atoms with Crippen molar-refractivity contribution in [1.29, 1.82) is 0 Å². The third kappa shape index (κ3) is 2.65. The average Bonchev–Trinajstić information content (AvgIpc) is 3.17. The number of rotatable bonds is 2. The van der Waals surface area contributed by atoms with E-state index in [-0.39, 0.29) is 5.28 Å². The molecule has 4 nitrogen and oxygen atoms in total. The van der Waals surface area contributed by atoms with Gasteiger partial charge in [0.15, 0.2) is 11.6 Å². The maximum atomic E-state index is 6.36. The van der Waals surface area contributed by atoms with Crippen molar-refractivity contribution in [2.75, 3.05) is 0 Å². The Kier molecular flexibility index (Phi) is 3.79. The van der Waals surface area contributed by atoms with Gasteiger partial charge in [0.1, 0.15) is 11.2 Å². The number of benzene rings is 4. The summed E-state index contributed by atoms with van der Waals surface area (Å²) in [7, 11) is 0. The molecule has 30 heavy (non-hydrogen) atoms. The molecule has 0 saturated carbocycles. The van der Waals surface area contributed by atoms with Gasteiger partial charge >= 0.3 is 0 Å². The lowest BCUT2D eigenvalue weighted by molar-refractivity contribution is 0.669. The Labute approximate surface area is 176 Å². The van der Waals surface area contributed by atoms with Crippen LogP contribution in [0.3, 0.4) is 0 Å². The lowest BCUT2D eigenvalue weighted by atomic mass is 10.0. The van der Waals surface area contributed by atoms with Crippen LogP contribution in [0.25, 0.3) is 55.5 Å². The van der Waals surface area contributed by atoms with Crippen LogP contribution in [0.5, 0.6) is 0 Å². The van der Waals surface area contributed by atoms with Crippen molar-refractivity contribution < 1.29 is 4.42 Å². The lowest BCUT2D eigenvalue weighted by Crippen LogP contribution is -1.98. The Balaban J connectivity index is 1.63. The fraction of sp³-hybridized carbons (Fsp3) is 0. The Hall–Kier alpha value is -3.76. The summed E-state index contributed by atoms with van der Waals surface area (Å²) in [5.41, 5.74) is 3.40. The van der Waals surface area contributed by atoms with E-state index in [2.05, 4.69) is 28.2 Å². The summed E-state index contributed by atoms with van der Waals surface area (Å²) in [6.07, 6.45) is 0. The Bertz CT molecular complexity index is 1570. The number of aromatic nitrogens is 3. The zero-order chi connectivity index (χ0) is 20.1. The highest BCUT2D eigenvalue weighted by molar-refractivity contribution is 6.28. The summed E-state index contributed by atoms with van der Waals surface area (Å²) in [5, 5.41) is 4.34. The number of halogens is 1. The minimum atomic E-state index is 0.160. The summed E-state index contributed by atoms with van der Waals surface area (Å²) in [6, 6.07) is 28.1. The minimum absolute atomic E-state index is 0.160. The molecule has 6 aromatic rings. The fourth-order valence-electron chi connectivity index (χ4n) is 3.97. The van der Waals surface area contributed by atoms with E-state index >= 15 is 0 Å². The molecule has 0 aliphatic carbocycles. The van der Waals surface area contributed by atoms with Gasteiger partial charge in [-0.3, -0.25) is 0 Å². The van der Waals surface area contributed by atoms with Gasteiger partial charge in [0.2, 0.25) is 5.28 Å². The first-order chi connectivity index (χ1) is 14.8. The van der Waals surface area contributed by atoms with Crippen molar-refractivity contribution >= 4 is 44.3 Å². The molecule has 4 aromatic carbocycles. The standard InChI is InChI=1S/C25H14ClN3O/c26-25-28-23(17-11-5-8-15-7-1-2-9-16(15)17)27-24(29-25)19-12-6-14-21-22(19)18-10-3-4-13-20(18)30-21/h1-14H. The maximum Gasteiger partial charge on any atom is 0.226 e. The van der Waals surface area contributed by atoms with Crippen molar-refractivity contribution in [1.82, 2.24) is 15.0 Å². The molecule has 5 heteroatoms. The van der Waals surface area contributed by atoms with Gasteiger partial charge in [-0.1, -0.05) is 72.8 Å². The van der Waals surface area contributed by atoms with Gasteiger partial charge < -0.3 is 4.42 Å². The number of fused-ring (bicyclic) bond motifs is 4. The molecule has 2 aromatic heterocycles. The second-order valence-corrected chi connectivity index (χ2v) is 7.39. The Morgan fingerprint density at radius 1 is 0.567 bits per heavy atom. The zero-order valence-corrected chi connectivity index (χ0v) is 16.5. The molecule has 142 valence electrons. The third-order valence-electron chi connectivity index (χ3n) is 5.28. The smallest absolute Gasteiger partial charge is 0.226 e. The first kappa shape index (κ1) is 17.1. The quantitative estimate of drug-likeness (QED) is 0.313. The van der Waals surface area contributed by atoms with E-state index < -0.39 is 0 Å². The monoisotopic (exact) mass is 407 g/mol. The fourth-order valence-corrected chi connectivity index (χ4v) is 4.13. The van der Waals surface area contributed by atoms with E-state index in [1.54, 1.807) is 0 Å². The number of para-hydroxylation sites is 1. The molecule has 0 spiro atoms. The van der Waals surface area contributed by atoms with Gasteiger partial charge in [-0.25, -0.2) is 4.98 Å². The molecular formula is C25H14ClN3O. The number of furan rings is 1. The van der Waals surface area contributed by atoms with Crippen LogP contribution in [0.15, 0.2) is 89.3 Å². The van der Waals surface area contributed by atoms with Gasteiger partial charge in [-0.05, 0) is 34.5 Å². The predicted molar refractivity (Wildman–Crippen MR) is 120 cm³/mol. The van der Waals surface area contributed by atoms with Gasteiger partial charge in [0.25, 0.3) is 0 Å². The molecule has 0 aliphatic rings. The zero-order valence-electron chi connectivity index (χ0n) is 15.7. The van der Waals surface area contributed by atoms with E-state index in [9.17, 15) is 0 Å². The summed E-state index contributed by atoms with van der Waals surface area (Å²) in [4.78, 5) is 13.7. The Morgan fingerprint density at radius 3 is 2.10 bits per heavy atom. The van der Waals surface area contributed by atoms with E-state index in [1.165, 1.54) is 0 Å². The molecule has 0 bridgehead atoms. The minimum Gasteiger partial charge on any atom is -0.456 e. The van der Waals surface area contributed by atoms with Crippen molar-refractivity contribution in [2.24, 2.45) is 0 Å². The predicted octanol–water partition coefficient (Wildman–Crippen LogP) is 6.91. The highest BCUT2D eigenvalue weighted by Gasteiger charge is 2.17. The van der Waals surface area contributed by atoms with Gasteiger partial charge in [0.05, 0.1) is 0 Å². The van der Waals surface area contributed by atoms with E-state index in [4.69, 9.17) is 21.0 Å². The molecule has 0 N–H and O–H groups in total. The summed E-state index contributed by atoms with van der Waals surface area (Å²) >= 11 is 6.36. The lowest BCUT2D eigenvalue weighted by Gasteiger charge is -2.08. The topological polar surface area (TPSA) is 51.8 Å². The van der Waals surface area contributed by atoms with Crippen molar-refractivity contribution in [3.8, 4) is 22.8 Å². The SMILES string of the molecule is Clc1nc(-c2cccc3ccccc23)nc(-c2cccc3oc4ccccc4c23)n1. The molecule has 0 radical (unpaired) electrons. The highest BCUT2D eigenvalue weighted by Crippen LogP contribution is 2.36. The van der Waals surface area contributed by atoms with Crippen LogP contribution in [-0.2, 0) is 0 Å². The second kappa shape index (κ2) is 6.65. The molecule has 0 amide bonds. The molecule has 2 heterocycles. The Morgan fingerprint density at radius 2 is 1.20 bits per heavy atom. The van der Waals surface area contributed by atoms with Crippen molar-refractivity contribution in [2.45, 2.75) is 0 Å². The molecule has 0 atom stereocenters. The molecule has 0 saturated heterocycles. The number of hydrogen-bond donors (Lipinski definition) is 0. The average molecular weight is 408 g/mol. The van der Waals surface area contributed by atoms with Crippen LogP contribution in [0.1, 0.15) is 0 Å². The molecule has 0 aliphatic heterocycles. The normalized spacial score (nSPS) is 11.5. The highest BCUT2D eigenvalue weighted by atomic mass is 35.5.